The zero-order chi connectivity index (χ0) is 17.9. The highest BCUT2D eigenvalue weighted by Gasteiger charge is 2.32. The summed E-state index contributed by atoms with van der Waals surface area (Å²) in [6, 6.07) is 4.72. The molecule has 138 valence electrons. The van der Waals surface area contributed by atoms with E-state index in [4.69, 9.17) is 0 Å². The largest absolute Gasteiger partial charge is 0.352 e. The van der Waals surface area contributed by atoms with Gasteiger partial charge in [0.15, 0.2) is 0 Å². The molecular weight excluding hydrogens is 343 g/mol. The van der Waals surface area contributed by atoms with Gasteiger partial charge in [-0.05, 0) is 49.9 Å². The Balaban J connectivity index is 1.64. The Hall–Kier alpha value is -1.47. The summed E-state index contributed by atoms with van der Waals surface area (Å²) in [5.74, 6) is -0.334. The van der Waals surface area contributed by atoms with E-state index in [1.54, 1.807) is 0 Å². The van der Waals surface area contributed by atoms with Crippen molar-refractivity contribution in [3.63, 3.8) is 0 Å². The lowest BCUT2D eigenvalue weighted by Gasteiger charge is -2.33. The lowest BCUT2D eigenvalue weighted by Crippen LogP contribution is -2.50. The smallest absolute Gasteiger partial charge is 0.243 e. The molecule has 1 N–H and O–H groups in total. The summed E-state index contributed by atoms with van der Waals surface area (Å²) < 4.78 is 39.9. The maximum atomic E-state index is 13.0. The second-order valence-corrected chi connectivity index (χ2v) is 8.94. The zero-order valence-electron chi connectivity index (χ0n) is 14.3. The number of carbonyl (C=O) groups is 1. The first-order valence-corrected chi connectivity index (χ1v) is 10.5. The zero-order valence-corrected chi connectivity index (χ0v) is 15.1. The maximum absolute atomic E-state index is 13.0. The van der Waals surface area contributed by atoms with E-state index in [-0.39, 0.29) is 29.3 Å². The van der Waals surface area contributed by atoms with Crippen LogP contribution >= 0.6 is 0 Å². The third-order valence-corrected chi connectivity index (χ3v) is 7.04. The highest BCUT2D eigenvalue weighted by Crippen LogP contribution is 2.25. The van der Waals surface area contributed by atoms with E-state index in [9.17, 15) is 17.6 Å². The molecule has 1 unspecified atom stereocenters. The minimum atomic E-state index is -3.66. The highest BCUT2D eigenvalue weighted by atomic mass is 32.2. The predicted octanol–water partition coefficient (Wildman–Crippen LogP) is 2.68. The molecule has 0 spiro atoms. The average Bonchev–Trinajstić information content (AvgIpc) is 2.63. The lowest BCUT2D eigenvalue weighted by molar-refractivity contribution is -0.126. The van der Waals surface area contributed by atoms with Gasteiger partial charge in [-0.3, -0.25) is 4.79 Å². The Morgan fingerprint density at radius 3 is 2.40 bits per heavy atom. The van der Waals surface area contributed by atoms with E-state index < -0.39 is 15.8 Å². The minimum absolute atomic E-state index is 0.0609. The van der Waals surface area contributed by atoms with Crippen LogP contribution in [0.4, 0.5) is 4.39 Å². The molecule has 1 aliphatic heterocycles. The minimum Gasteiger partial charge on any atom is -0.352 e. The molecule has 5 nitrogen and oxygen atoms in total. The van der Waals surface area contributed by atoms with Crippen LogP contribution in [0.2, 0.25) is 0 Å². The molecule has 2 fully saturated rings. The van der Waals surface area contributed by atoms with Gasteiger partial charge in [0.2, 0.25) is 15.9 Å². The molecule has 1 heterocycles. The van der Waals surface area contributed by atoms with Crippen molar-refractivity contribution in [2.45, 2.75) is 55.9 Å². The predicted molar refractivity (Wildman–Crippen MR) is 92.9 cm³/mol. The summed E-state index contributed by atoms with van der Waals surface area (Å²) in [5.41, 5.74) is 0. The van der Waals surface area contributed by atoms with Crippen LogP contribution in [-0.4, -0.2) is 37.8 Å². The number of rotatable bonds is 4. The number of hydrogen-bond donors (Lipinski definition) is 1. The standard InChI is InChI=1S/C18H25FN2O3S/c19-15-8-10-17(11-9-15)25(23,24)21-12-4-7-16(13-21)20-18(22)14-5-2-1-3-6-14/h8-11,14,16H,1-7,12-13H2,(H,20,22). The van der Waals surface area contributed by atoms with Crippen LogP contribution in [0.1, 0.15) is 44.9 Å². The molecule has 0 aromatic heterocycles. The molecular formula is C18H25FN2O3S. The molecule has 25 heavy (non-hydrogen) atoms. The molecule has 0 radical (unpaired) electrons. The van der Waals surface area contributed by atoms with Gasteiger partial charge in [0.05, 0.1) is 4.90 Å². The summed E-state index contributed by atoms with van der Waals surface area (Å²) in [7, 11) is -3.66. The molecule has 1 amide bonds. The van der Waals surface area contributed by atoms with E-state index in [0.29, 0.717) is 13.0 Å². The van der Waals surface area contributed by atoms with E-state index in [1.165, 1.54) is 22.9 Å². The molecule has 1 atom stereocenters. The SMILES string of the molecule is O=C(NC1CCCN(S(=O)(=O)c2ccc(F)cc2)C1)C1CCCCC1. The number of sulfonamides is 1. The van der Waals surface area contributed by atoms with Gasteiger partial charge < -0.3 is 5.32 Å². The van der Waals surface area contributed by atoms with Crippen LogP contribution in [0.15, 0.2) is 29.2 Å². The Morgan fingerprint density at radius 1 is 1.04 bits per heavy atom. The monoisotopic (exact) mass is 368 g/mol. The first-order valence-electron chi connectivity index (χ1n) is 9.03. The second-order valence-electron chi connectivity index (χ2n) is 7.00. The van der Waals surface area contributed by atoms with Crippen molar-refractivity contribution in [3.05, 3.63) is 30.1 Å². The van der Waals surface area contributed by atoms with Gasteiger partial charge >= 0.3 is 0 Å². The summed E-state index contributed by atoms with van der Waals surface area (Å²) in [6.07, 6.45) is 6.72. The van der Waals surface area contributed by atoms with Crippen LogP contribution in [0.5, 0.6) is 0 Å². The van der Waals surface area contributed by atoms with Crippen molar-refractivity contribution >= 4 is 15.9 Å². The van der Waals surface area contributed by atoms with E-state index in [1.807, 2.05) is 0 Å². The Bertz CT molecular complexity index is 700. The van der Waals surface area contributed by atoms with E-state index >= 15 is 0 Å². The summed E-state index contributed by atoms with van der Waals surface area (Å²) >= 11 is 0. The number of amides is 1. The first-order chi connectivity index (χ1) is 12.0. The Kier molecular flexibility index (Phi) is 5.74. The fourth-order valence-electron chi connectivity index (χ4n) is 3.72. The van der Waals surface area contributed by atoms with Gasteiger partial charge in [0, 0.05) is 25.0 Å². The molecule has 1 saturated heterocycles. The molecule has 7 heteroatoms. The van der Waals surface area contributed by atoms with Gasteiger partial charge in [0.25, 0.3) is 0 Å². The molecule has 0 bridgehead atoms. The first kappa shape index (κ1) is 18.3. The molecule has 1 aliphatic carbocycles. The van der Waals surface area contributed by atoms with Crippen molar-refractivity contribution in [2.24, 2.45) is 5.92 Å². The number of nitrogens with zero attached hydrogens (tertiary/aromatic N) is 1. The molecule has 1 saturated carbocycles. The second kappa shape index (κ2) is 7.83. The van der Waals surface area contributed by atoms with Crippen molar-refractivity contribution in [1.29, 1.82) is 0 Å². The van der Waals surface area contributed by atoms with Gasteiger partial charge in [-0.15, -0.1) is 0 Å². The average molecular weight is 368 g/mol. The van der Waals surface area contributed by atoms with Crippen molar-refractivity contribution in [2.75, 3.05) is 13.1 Å². The molecule has 1 aromatic carbocycles. The number of nitrogens with one attached hydrogen (secondary N) is 1. The van der Waals surface area contributed by atoms with Gasteiger partial charge in [0.1, 0.15) is 5.82 Å². The van der Waals surface area contributed by atoms with Crippen LogP contribution in [0.25, 0.3) is 0 Å². The summed E-state index contributed by atoms with van der Waals surface area (Å²) in [6.45, 7) is 0.702. The van der Waals surface area contributed by atoms with Crippen LogP contribution in [0, 0.1) is 11.7 Å². The normalized spacial score (nSPS) is 23.3. The molecule has 3 rings (SSSR count). The third kappa shape index (κ3) is 4.39. The van der Waals surface area contributed by atoms with Crippen molar-refractivity contribution < 1.29 is 17.6 Å². The number of hydrogen-bond acceptors (Lipinski definition) is 3. The van der Waals surface area contributed by atoms with Crippen molar-refractivity contribution in [1.82, 2.24) is 9.62 Å². The van der Waals surface area contributed by atoms with Gasteiger partial charge in [-0.1, -0.05) is 19.3 Å². The number of piperidine rings is 1. The fraction of sp³-hybridized carbons (Fsp3) is 0.611. The van der Waals surface area contributed by atoms with E-state index in [2.05, 4.69) is 5.32 Å². The number of benzene rings is 1. The fourth-order valence-corrected chi connectivity index (χ4v) is 5.24. The number of halogens is 1. The van der Waals surface area contributed by atoms with Crippen LogP contribution in [0.3, 0.4) is 0 Å². The Labute approximate surface area is 148 Å². The maximum Gasteiger partial charge on any atom is 0.243 e. The molecule has 1 aromatic rings. The quantitative estimate of drug-likeness (QED) is 0.889. The van der Waals surface area contributed by atoms with Gasteiger partial charge in [-0.25, -0.2) is 12.8 Å². The van der Waals surface area contributed by atoms with Crippen LogP contribution < -0.4 is 5.32 Å². The van der Waals surface area contributed by atoms with E-state index in [0.717, 1.165) is 44.2 Å². The van der Waals surface area contributed by atoms with Gasteiger partial charge in [-0.2, -0.15) is 4.31 Å². The Morgan fingerprint density at radius 2 is 1.72 bits per heavy atom. The summed E-state index contributed by atoms with van der Waals surface area (Å²) in [4.78, 5) is 12.5. The van der Waals surface area contributed by atoms with Crippen molar-refractivity contribution in [3.8, 4) is 0 Å². The lowest BCUT2D eigenvalue weighted by atomic mass is 9.88. The van der Waals surface area contributed by atoms with Crippen LogP contribution in [-0.2, 0) is 14.8 Å². The topological polar surface area (TPSA) is 66.5 Å². The third-order valence-electron chi connectivity index (χ3n) is 5.16. The summed E-state index contributed by atoms with van der Waals surface area (Å²) in [5, 5.41) is 3.05. The molecule has 2 aliphatic rings. The highest BCUT2D eigenvalue weighted by molar-refractivity contribution is 7.89. The number of carbonyl (C=O) groups excluding carboxylic acids is 1.